The fraction of sp³-hybridized carbons (Fsp3) is 0.444. The molecular weight excluding hydrogens is 459 g/mol. The molecule has 1 aliphatic rings. The van der Waals surface area contributed by atoms with E-state index in [4.69, 9.17) is 10.5 Å². The highest BCUT2D eigenvalue weighted by molar-refractivity contribution is 5.73. The second kappa shape index (κ2) is 12.0. The van der Waals surface area contributed by atoms with E-state index < -0.39 is 0 Å². The maximum absolute atomic E-state index is 13.5. The number of hydrogen-bond acceptors (Lipinski definition) is 6. The Kier molecular flexibility index (Phi) is 8.53. The van der Waals surface area contributed by atoms with Crippen molar-refractivity contribution >= 4 is 11.9 Å². The molecule has 0 bridgehead atoms. The summed E-state index contributed by atoms with van der Waals surface area (Å²) >= 11 is 0. The van der Waals surface area contributed by atoms with Gasteiger partial charge in [0.2, 0.25) is 11.9 Å². The van der Waals surface area contributed by atoms with Crippen LogP contribution in [0.3, 0.4) is 0 Å². The van der Waals surface area contributed by atoms with Gasteiger partial charge in [-0.05, 0) is 60.7 Å². The van der Waals surface area contributed by atoms with Gasteiger partial charge in [0, 0.05) is 44.2 Å². The number of rotatable bonds is 11. The number of aromatic amines is 1. The Balaban J connectivity index is 1.49. The van der Waals surface area contributed by atoms with Gasteiger partial charge in [-0.25, -0.2) is 4.39 Å². The van der Waals surface area contributed by atoms with Crippen LogP contribution in [0.5, 0.6) is 5.75 Å². The third-order valence-corrected chi connectivity index (χ3v) is 6.40. The molecule has 0 aliphatic carbocycles. The molecule has 3 N–H and O–H groups in total. The van der Waals surface area contributed by atoms with Crippen LogP contribution in [0.25, 0.3) is 11.4 Å². The largest absolute Gasteiger partial charge is 0.493 e. The van der Waals surface area contributed by atoms with E-state index in [1.165, 1.54) is 12.1 Å². The lowest BCUT2D eigenvalue weighted by molar-refractivity contribution is -0.118. The highest BCUT2D eigenvalue weighted by atomic mass is 19.1. The number of amides is 1. The van der Waals surface area contributed by atoms with E-state index in [0.717, 1.165) is 42.8 Å². The first-order valence-electron chi connectivity index (χ1n) is 12.5. The molecule has 3 aromatic rings. The summed E-state index contributed by atoms with van der Waals surface area (Å²) in [5.74, 6) is 2.13. The lowest BCUT2D eigenvalue weighted by Crippen LogP contribution is -2.45. The zero-order valence-corrected chi connectivity index (χ0v) is 21.0. The van der Waals surface area contributed by atoms with E-state index in [9.17, 15) is 9.18 Å². The van der Waals surface area contributed by atoms with E-state index in [0.29, 0.717) is 43.8 Å². The Morgan fingerprint density at radius 2 is 1.83 bits per heavy atom. The molecule has 36 heavy (non-hydrogen) atoms. The number of anilines is 1. The second-order valence-corrected chi connectivity index (χ2v) is 9.77. The number of nitrogens with two attached hydrogens (primary N) is 1. The van der Waals surface area contributed by atoms with Crippen LogP contribution in [0.4, 0.5) is 10.3 Å². The minimum absolute atomic E-state index is 0.229. The Morgan fingerprint density at radius 3 is 2.47 bits per heavy atom. The zero-order valence-electron chi connectivity index (χ0n) is 21.0. The number of primary amides is 1. The van der Waals surface area contributed by atoms with E-state index in [2.05, 4.69) is 38.8 Å². The second-order valence-electron chi connectivity index (χ2n) is 9.77. The van der Waals surface area contributed by atoms with Gasteiger partial charge in [-0.3, -0.25) is 4.79 Å². The van der Waals surface area contributed by atoms with Crippen molar-refractivity contribution in [2.45, 2.75) is 45.7 Å². The van der Waals surface area contributed by atoms with Gasteiger partial charge in [0.1, 0.15) is 11.6 Å². The van der Waals surface area contributed by atoms with Crippen LogP contribution in [-0.2, 0) is 11.3 Å². The van der Waals surface area contributed by atoms with Gasteiger partial charge in [0.05, 0.1) is 6.61 Å². The highest BCUT2D eigenvalue weighted by Crippen LogP contribution is 2.26. The van der Waals surface area contributed by atoms with Crippen molar-refractivity contribution in [2.24, 2.45) is 11.7 Å². The number of benzene rings is 2. The van der Waals surface area contributed by atoms with Crippen molar-refractivity contribution < 1.29 is 13.9 Å². The number of carbonyl (C=O) groups excluding carboxylic acids is 1. The zero-order chi connectivity index (χ0) is 25.5. The van der Waals surface area contributed by atoms with Crippen molar-refractivity contribution in [3.8, 4) is 17.1 Å². The molecule has 1 fully saturated rings. The molecule has 1 aliphatic heterocycles. The van der Waals surface area contributed by atoms with Gasteiger partial charge < -0.3 is 25.3 Å². The molecule has 0 atom stereocenters. The van der Waals surface area contributed by atoms with Crippen LogP contribution in [0.1, 0.15) is 38.7 Å². The summed E-state index contributed by atoms with van der Waals surface area (Å²) in [7, 11) is 0. The summed E-state index contributed by atoms with van der Waals surface area (Å²) in [6, 6.07) is 14.6. The highest BCUT2D eigenvalue weighted by Gasteiger charge is 2.27. The molecule has 1 aromatic heterocycles. The monoisotopic (exact) mass is 494 g/mol. The number of likely N-dealkylation sites (tertiary alicyclic amines) is 1. The Hall–Kier alpha value is -3.46. The number of nitrogens with one attached hydrogen (secondary N) is 1. The van der Waals surface area contributed by atoms with E-state index in [-0.39, 0.29) is 17.8 Å². The van der Waals surface area contributed by atoms with Gasteiger partial charge in [0.25, 0.3) is 0 Å². The van der Waals surface area contributed by atoms with Gasteiger partial charge in [0.15, 0.2) is 5.82 Å². The number of H-pyrrole nitrogens is 1. The van der Waals surface area contributed by atoms with Crippen molar-refractivity contribution in [1.82, 2.24) is 20.1 Å². The average Bonchev–Trinajstić information content (AvgIpc) is 3.36. The van der Waals surface area contributed by atoms with Gasteiger partial charge in [-0.2, -0.15) is 0 Å². The summed E-state index contributed by atoms with van der Waals surface area (Å²) < 4.78 is 19.3. The number of ether oxygens (including phenoxy) is 1. The Bertz CT molecular complexity index is 1110. The predicted octanol–water partition coefficient (Wildman–Crippen LogP) is 3.99. The van der Waals surface area contributed by atoms with Gasteiger partial charge in [-0.1, -0.05) is 26.0 Å². The molecular formula is C27H35FN6O2. The van der Waals surface area contributed by atoms with Crippen molar-refractivity contribution in [1.29, 1.82) is 0 Å². The SMILES string of the molecule is CC(C)COc1ccc(-c2nnc(N(Cc3ccc(F)cc3)C3CCN(CCC(N)=O)CC3)[nH]2)cc1. The fourth-order valence-electron chi connectivity index (χ4n) is 4.37. The van der Waals surface area contributed by atoms with E-state index >= 15 is 0 Å². The average molecular weight is 495 g/mol. The molecule has 9 heteroatoms. The normalized spacial score (nSPS) is 14.8. The van der Waals surface area contributed by atoms with Crippen LogP contribution in [0, 0.1) is 11.7 Å². The summed E-state index contributed by atoms with van der Waals surface area (Å²) in [5, 5.41) is 8.90. The number of aromatic nitrogens is 3. The maximum Gasteiger partial charge on any atom is 0.225 e. The third kappa shape index (κ3) is 7.04. The molecule has 0 unspecified atom stereocenters. The fourth-order valence-corrected chi connectivity index (χ4v) is 4.37. The van der Waals surface area contributed by atoms with E-state index in [1.54, 1.807) is 12.1 Å². The molecule has 0 saturated carbocycles. The molecule has 2 heterocycles. The first-order chi connectivity index (χ1) is 17.4. The number of carbonyl (C=O) groups is 1. The molecule has 0 radical (unpaired) electrons. The molecule has 192 valence electrons. The Morgan fingerprint density at radius 1 is 1.14 bits per heavy atom. The summed E-state index contributed by atoms with van der Waals surface area (Å²) in [6.07, 6.45) is 2.20. The standard InChI is InChI=1S/C27H35FN6O2/c1-19(2)18-36-24-9-5-21(6-10-24)26-30-27(32-31-26)34(17-20-3-7-22(28)8-4-20)23-11-14-33(15-12-23)16-13-25(29)35/h3-10,19,23H,11-18H2,1-2H3,(H2,29,35)(H,30,31,32). The molecule has 0 spiro atoms. The maximum atomic E-state index is 13.5. The van der Waals surface area contributed by atoms with Crippen LogP contribution in [-0.4, -0.2) is 58.3 Å². The molecule has 2 aromatic carbocycles. The minimum atomic E-state index is -0.274. The van der Waals surface area contributed by atoms with E-state index in [1.807, 2.05) is 24.3 Å². The molecule has 1 saturated heterocycles. The summed E-state index contributed by atoms with van der Waals surface area (Å²) in [5.41, 5.74) is 7.24. The minimum Gasteiger partial charge on any atom is -0.493 e. The summed E-state index contributed by atoms with van der Waals surface area (Å²) in [4.78, 5) is 19.0. The summed E-state index contributed by atoms with van der Waals surface area (Å²) in [6.45, 7) is 7.92. The first kappa shape index (κ1) is 25.6. The lowest BCUT2D eigenvalue weighted by atomic mass is 10.0. The number of nitrogens with zero attached hydrogens (tertiary/aromatic N) is 4. The topological polar surface area (TPSA) is 100 Å². The number of hydrogen-bond donors (Lipinski definition) is 2. The number of halogens is 1. The van der Waals surface area contributed by atoms with Crippen molar-refractivity contribution in [2.75, 3.05) is 31.1 Å². The molecule has 8 nitrogen and oxygen atoms in total. The number of piperidine rings is 1. The van der Waals surface area contributed by atoms with Crippen molar-refractivity contribution in [3.63, 3.8) is 0 Å². The van der Waals surface area contributed by atoms with Crippen LogP contribution in [0.15, 0.2) is 48.5 Å². The Labute approximate surface area is 211 Å². The first-order valence-corrected chi connectivity index (χ1v) is 12.5. The smallest absolute Gasteiger partial charge is 0.225 e. The third-order valence-electron chi connectivity index (χ3n) is 6.40. The van der Waals surface area contributed by atoms with Crippen molar-refractivity contribution in [3.05, 3.63) is 59.9 Å². The van der Waals surface area contributed by atoms with Crippen LogP contribution in [0.2, 0.25) is 0 Å². The molecule has 4 rings (SSSR count). The van der Waals surface area contributed by atoms with Crippen LogP contribution < -0.4 is 15.4 Å². The van der Waals surface area contributed by atoms with Gasteiger partial charge in [-0.15, -0.1) is 10.2 Å². The quantitative estimate of drug-likeness (QED) is 0.418. The lowest BCUT2D eigenvalue weighted by Gasteiger charge is -2.38. The predicted molar refractivity (Wildman–Crippen MR) is 138 cm³/mol. The van der Waals surface area contributed by atoms with Gasteiger partial charge >= 0.3 is 0 Å². The molecule has 1 amide bonds. The van der Waals surface area contributed by atoms with Crippen LogP contribution >= 0.6 is 0 Å².